The van der Waals surface area contributed by atoms with Crippen LogP contribution >= 0.6 is 0 Å². The molecule has 134 valence electrons. The molecule has 0 aliphatic carbocycles. The molecule has 1 amide bonds. The standard InChI is InChI=1S/C20H22N4O2/c1-14(22-19(25)13-17(21)16-10-6-3-7-11-16)20-23-18(24-26-20)12-15-8-4-2-5-9-15/h2-11,14,17H,12-13,21H2,1H3,(H,22,25). The summed E-state index contributed by atoms with van der Waals surface area (Å²) in [6, 6.07) is 18.7. The van der Waals surface area contributed by atoms with Gasteiger partial charge in [0.25, 0.3) is 0 Å². The lowest BCUT2D eigenvalue weighted by atomic mass is 10.0. The van der Waals surface area contributed by atoms with Crippen LogP contribution in [0.4, 0.5) is 0 Å². The van der Waals surface area contributed by atoms with Gasteiger partial charge in [-0.1, -0.05) is 65.8 Å². The lowest BCUT2D eigenvalue weighted by Crippen LogP contribution is -2.30. The molecule has 6 heteroatoms. The molecule has 3 rings (SSSR count). The maximum Gasteiger partial charge on any atom is 0.248 e. The van der Waals surface area contributed by atoms with Crippen LogP contribution in [0.3, 0.4) is 0 Å². The highest BCUT2D eigenvalue weighted by molar-refractivity contribution is 5.77. The third-order valence-electron chi connectivity index (χ3n) is 4.07. The Morgan fingerprint density at radius 2 is 1.77 bits per heavy atom. The zero-order chi connectivity index (χ0) is 18.4. The third kappa shape index (κ3) is 4.77. The highest BCUT2D eigenvalue weighted by atomic mass is 16.5. The van der Waals surface area contributed by atoms with Gasteiger partial charge in [-0.25, -0.2) is 0 Å². The van der Waals surface area contributed by atoms with Gasteiger partial charge in [0.05, 0.1) is 0 Å². The van der Waals surface area contributed by atoms with Crippen molar-refractivity contribution in [3.63, 3.8) is 0 Å². The molecule has 1 aromatic heterocycles. The number of hydrogen-bond donors (Lipinski definition) is 2. The molecule has 2 aromatic carbocycles. The predicted octanol–water partition coefficient (Wildman–Crippen LogP) is 2.93. The molecule has 0 fully saturated rings. The fourth-order valence-electron chi connectivity index (χ4n) is 2.67. The van der Waals surface area contributed by atoms with E-state index in [-0.39, 0.29) is 24.4 Å². The minimum Gasteiger partial charge on any atom is -0.345 e. The topological polar surface area (TPSA) is 94.0 Å². The van der Waals surface area contributed by atoms with E-state index < -0.39 is 0 Å². The monoisotopic (exact) mass is 350 g/mol. The molecular weight excluding hydrogens is 328 g/mol. The maximum atomic E-state index is 12.2. The van der Waals surface area contributed by atoms with E-state index in [1.807, 2.05) is 67.6 Å². The first-order valence-electron chi connectivity index (χ1n) is 8.58. The molecule has 2 unspecified atom stereocenters. The number of aromatic nitrogens is 2. The molecule has 1 heterocycles. The van der Waals surface area contributed by atoms with Crippen LogP contribution in [0.1, 0.15) is 48.3 Å². The molecule has 0 radical (unpaired) electrons. The minimum atomic E-state index is -0.373. The molecule has 6 nitrogen and oxygen atoms in total. The van der Waals surface area contributed by atoms with Gasteiger partial charge >= 0.3 is 0 Å². The minimum absolute atomic E-state index is 0.156. The van der Waals surface area contributed by atoms with Crippen molar-refractivity contribution in [1.29, 1.82) is 0 Å². The third-order valence-corrected chi connectivity index (χ3v) is 4.07. The van der Waals surface area contributed by atoms with Crippen LogP contribution < -0.4 is 11.1 Å². The summed E-state index contributed by atoms with van der Waals surface area (Å²) < 4.78 is 5.28. The van der Waals surface area contributed by atoms with E-state index in [2.05, 4.69) is 15.5 Å². The number of carbonyl (C=O) groups is 1. The van der Waals surface area contributed by atoms with Crippen molar-refractivity contribution in [1.82, 2.24) is 15.5 Å². The molecule has 0 spiro atoms. The van der Waals surface area contributed by atoms with Crippen LogP contribution in [0.15, 0.2) is 65.2 Å². The number of benzene rings is 2. The first-order valence-corrected chi connectivity index (χ1v) is 8.58. The van der Waals surface area contributed by atoms with Crippen molar-refractivity contribution in [2.45, 2.75) is 31.8 Å². The van der Waals surface area contributed by atoms with Crippen LogP contribution in [-0.2, 0) is 11.2 Å². The van der Waals surface area contributed by atoms with Crippen molar-refractivity contribution in [2.24, 2.45) is 5.73 Å². The van der Waals surface area contributed by atoms with Gasteiger partial charge in [0.2, 0.25) is 11.8 Å². The Kier molecular flexibility index (Phi) is 5.76. The second kappa shape index (κ2) is 8.40. The number of carbonyl (C=O) groups excluding carboxylic acids is 1. The van der Waals surface area contributed by atoms with Crippen molar-refractivity contribution in [2.75, 3.05) is 0 Å². The van der Waals surface area contributed by atoms with Crippen LogP contribution in [0.5, 0.6) is 0 Å². The Bertz CT molecular complexity index is 833. The lowest BCUT2D eigenvalue weighted by molar-refractivity contribution is -0.122. The van der Waals surface area contributed by atoms with E-state index in [9.17, 15) is 4.79 Å². The predicted molar refractivity (Wildman–Crippen MR) is 98.1 cm³/mol. The quantitative estimate of drug-likeness (QED) is 0.683. The highest BCUT2D eigenvalue weighted by Crippen LogP contribution is 2.16. The Morgan fingerprint density at radius 3 is 2.46 bits per heavy atom. The van der Waals surface area contributed by atoms with E-state index in [1.165, 1.54) is 0 Å². The lowest BCUT2D eigenvalue weighted by Gasteiger charge is -2.14. The number of nitrogens with two attached hydrogens (primary N) is 1. The zero-order valence-electron chi connectivity index (χ0n) is 14.6. The second-order valence-electron chi connectivity index (χ2n) is 6.22. The smallest absolute Gasteiger partial charge is 0.248 e. The van der Waals surface area contributed by atoms with Crippen molar-refractivity contribution in [3.05, 3.63) is 83.5 Å². The van der Waals surface area contributed by atoms with Crippen molar-refractivity contribution < 1.29 is 9.32 Å². The van der Waals surface area contributed by atoms with E-state index in [1.54, 1.807) is 0 Å². The molecule has 0 aliphatic heterocycles. The number of nitrogens with zero attached hydrogens (tertiary/aromatic N) is 2. The number of amides is 1. The van der Waals surface area contributed by atoms with Gasteiger partial charge in [-0.3, -0.25) is 4.79 Å². The highest BCUT2D eigenvalue weighted by Gasteiger charge is 2.18. The van der Waals surface area contributed by atoms with E-state index >= 15 is 0 Å². The number of rotatable bonds is 7. The van der Waals surface area contributed by atoms with Gasteiger partial charge in [0, 0.05) is 18.9 Å². The normalized spacial score (nSPS) is 13.2. The van der Waals surface area contributed by atoms with Crippen LogP contribution in [-0.4, -0.2) is 16.0 Å². The fourth-order valence-corrected chi connectivity index (χ4v) is 2.67. The zero-order valence-corrected chi connectivity index (χ0v) is 14.6. The molecular formula is C20H22N4O2. The van der Waals surface area contributed by atoms with Gasteiger partial charge in [0.1, 0.15) is 6.04 Å². The van der Waals surface area contributed by atoms with E-state index in [0.29, 0.717) is 18.1 Å². The SMILES string of the molecule is CC(NC(=O)CC(N)c1ccccc1)c1nc(Cc2ccccc2)no1. The Hall–Kier alpha value is -2.99. The Balaban J connectivity index is 1.54. The maximum absolute atomic E-state index is 12.2. The van der Waals surface area contributed by atoms with Gasteiger partial charge in [-0.05, 0) is 18.1 Å². The molecule has 0 saturated carbocycles. The first-order chi connectivity index (χ1) is 12.6. The Labute approximate surface area is 152 Å². The molecule has 26 heavy (non-hydrogen) atoms. The summed E-state index contributed by atoms with van der Waals surface area (Å²) in [5, 5.41) is 6.85. The van der Waals surface area contributed by atoms with Gasteiger partial charge in [0.15, 0.2) is 5.82 Å². The van der Waals surface area contributed by atoms with Crippen LogP contribution in [0, 0.1) is 0 Å². The van der Waals surface area contributed by atoms with E-state index in [0.717, 1.165) is 11.1 Å². The summed E-state index contributed by atoms with van der Waals surface area (Å²) in [6.07, 6.45) is 0.781. The summed E-state index contributed by atoms with van der Waals surface area (Å²) in [7, 11) is 0. The van der Waals surface area contributed by atoms with Crippen LogP contribution in [0.25, 0.3) is 0 Å². The average molecular weight is 350 g/mol. The molecule has 0 bridgehead atoms. The van der Waals surface area contributed by atoms with Crippen LogP contribution in [0.2, 0.25) is 0 Å². The first kappa shape index (κ1) is 17.8. The Morgan fingerprint density at radius 1 is 1.12 bits per heavy atom. The summed E-state index contributed by atoms with van der Waals surface area (Å²) in [5.74, 6) is 0.822. The number of nitrogens with one attached hydrogen (secondary N) is 1. The summed E-state index contributed by atoms with van der Waals surface area (Å²) in [6.45, 7) is 1.81. The molecule has 0 aliphatic rings. The molecule has 3 aromatic rings. The fraction of sp³-hybridized carbons (Fsp3) is 0.250. The van der Waals surface area contributed by atoms with Crippen molar-refractivity contribution >= 4 is 5.91 Å². The number of hydrogen-bond acceptors (Lipinski definition) is 5. The van der Waals surface area contributed by atoms with Gasteiger partial charge in [-0.2, -0.15) is 4.98 Å². The van der Waals surface area contributed by atoms with Gasteiger partial charge in [-0.15, -0.1) is 0 Å². The van der Waals surface area contributed by atoms with Gasteiger partial charge < -0.3 is 15.6 Å². The average Bonchev–Trinajstić information content (AvgIpc) is 3.12. The largest absolute Gasteiger partial charge is 0.345 e. The van der Waals surface area contributed by atoms with E-state index in [4.69, 9.17) is 10.3 Å². The van der Waals surface area contributed by atoms with Crippen molar-refractivity contribution in [3.8, 4) is 0 Å². The molecule has 2 atom stereocenters. The molecule has 3 N–H and O–H groups in total. The summed E-state index contributed by atoms with van der Waals surface area (Å²) >= 11 is 0. The molecule has 0 saturated heterocycles. The second-order valence-corrected chi connectivity index (χ2v) is 6.22. The summed E-state index contributed by atoms with van der Waals surface area (Å²) in [4.78, 5) is 16.6. The summed E-state index contributed by atoms with van der Waals surface area (Å²) in [5.41, 5.74) is 8.12.